The van der Waals surface area contributed by atoms with Crippen molar-refractivity contribution in [3.8, 4) is 0 Å². The van der Waals surface area contributed by atoms with Crippen LogP contribution in [-0.4, -0.2) is 4.55 Å². The third-order valence-corrected chi connectivity index (χ3v) is 6.52. The maximum atomic E-state index is 12.7. The van der Waals surface area contributed by atoms with E-state index in [2.05, 4.69) is 26.0 Å². The molecule has 0 spiro atoms. The molecule has 0 fully saturated rings. The van der Waals surface area contributed by atoms with Crippen LogP contribution in [0.3, 0.4) is 0 Å². The van der Waals surface area contributed by atoms with Gasteiger partial charge in [-0.05, 0) is 42.2 Å². The fourth-order valence-corrected chi connectivity index (χ4v) is 5.52. The largest absolute Gasteiger partial charge is 0.606 e. The second kappa shape index (κ2) is 5.23. The predicted octanol–water partition coefficient (Wildman–Crippen LogP) is 4.44. The van der Waals surface area contributed by atoms with E-state index < -0.39 is 11.2 Å². The van der Waals surface area contributed by atoms with E-state index in [1.807, 2.05) is 24.3 Å². The average Bonchev–Trinajstić information content (AvgIpc) is 2.46. The van der Waals surface area contributed by atoms with E-state index >= 15 is 0 Å². The summed E-state index contributed by atoms with van der Waals surface area (Å²) in [4.78, 5) is 4.29. The van der Waals surface area contributed by atoms with Crippen LogP contribution in [0.4, 0.5) is 0 Å². The molecule has 0 radical (unpaired) electrons. The first kappa shape index (κ1) is 13.1. The van der Waals surface area contributed by atoms with Crippen molar-refractivity contribution in [1.82, 2.24) is 0 Å². The van der Waals surface area contributed by atoms with Crippen LogP contribution in [-0.2, 0) is 24.0 Å². The fourth-order valence-electron chi connectivity index (χ4n) is 2.54. The van der Waals surface area contributed by atoms with Gasteiger partial charge in [0, 0.05) is 11.2 Å². The van der Waals surface area contributed by atoms with Crippen LogP contribution in [0.25, 0.3) is 0 Å². The molecule has 2 aromatic rings. The Morgan fingerprint density at radius 1 is 1.00 bits per heavy atom. The predicted molar refractivity (Wildman–Crippen MR) is 80.4 cm³/mol. The molecular formula is C16H16OS2. The minimum Gasteiger partial charge on any atom is -0.606 e. The summed E-state index contributed by atoms with van der Waals surface area (Å²) in [6.07, 6.45) is 2.03. The number of aryl methyl sites for hydroxylation is 1. The minimum absolute atomic E-state index is 0.950. The Labute approximate surface area is 121 Å². The third-order valence-electron chi connectivity index (χ3n) is 3.52. The molecule has 3 rings (SSSR count). The zero-order valence-electron chi connectivity index (χ0n) is 11.1. The quantitative estimate of drug-likeness (QED) is 0.762. The molecule has 0 amide bonds. The van der Waals surface area contributed by atoms with Gasteiger partial charge in [0.15, 0.2) is 9.79 Å². The Morgan fingerprint density at radius 2 is 1.79 bits per heavy atom. The molecule has 1 aliphatic rings. The lowest BCUT2D eigenvalue weighted by Gasteiger charge is -2.24. The van der Waals surface area contributed by atoms with E-state index in [0.29, 0.717) is 0 Å². The number of hydrogen-bond acceptors (Lipinski definition) is 2. The smallest absolute Gasteiger partial charge is 0.172 e. The van der Waals surface area contributed by atoms with E-state index in [1.165, 1.54) is 16.0 Å². The van der Waals surface area contributed by atoms with Crippen molar-refractivity contribution < 1.29 is 4.55 Å². The van der Waals surface area contributed by atoms with Crippen molar-refractivity contribution in [3.05, 3.63) is 47.5 Å². The number of rotatable bonds is 2. The van der Waals surface area contributed by atoms with Gasteiger partial charge in [-0.1, -0.05) is 43.8 Å². The van der Waals surface area contributed by atoms with E-state index in [0.717, 1.165) is 27.5 Å². The van der Waals surface area contributed by atoms with Crippen molar-refractivity contribution in [2.24, 2.45) is 0 Å². The highest BCUT2D eigenvalue weighted by molar-refractivity contribution is 8.02. The van der Waals surface area contributed by atoms with Gasteiger partial charge in [0.1, 0.15) is 0 Å². The van der Waals surface area contributed by atoms with Crippen molar-refractivity contribution in [1.29, 1.82) is 0 Å². The Kier molecular flexibility index (Phi) is 3.61. The van der Waals surface area contributed by atoms with Crippen molar-refractivity contribution in [2.45, 2.75) is 46.3 Å². The maximum absolute atomic E-state index is 12.7. The number of hydrogen-bond donors (Lipinski definition) is 0. The topological polar surface area (TPSA) is 23.1 Å². The van der Waals surface area contributed by atoms with Crippen LogP contribution in [0.1, 0.15) is 25.0 Å². The molecule has 0 saturated heterocycles. The first-order chi connectivity index (χ1) is 9.26. The molecule has 98 valence electrons. The molecule has 0 N–H and O–H groups in total. The minimum atomic E-state index is -1.03. The Hall–Kier alpha value is -0.900. The highest BCUT2D eigenvalue weighted by Gasteiger charge is 2.31. The van der Waals surface area contributed by atoms with Crippen LogP contribution < -0.4 is 0 Å². The maximum Gasteiger partial charge on any atom is 0.172 e. The molecule has 19 heavy (non-hydrogen) atoms. The highest BCUT2D eigenvalue weighted by atomic mass is 32.2. The summed E-state index contributed by atoms with van der Waals surface area (Å²) >= 11 is 0.741. The summed E-state index contributed by atoms with van der Waals surface area (Å²) in [5.41, 5.74) is 2.75. The van der Waals surface area contributed by atoms with Crippen LogP contribution >= 0.6 is 11.8 Å². The number of benzene rings is 2. The summed E-state index contributed by atoms with van der Waals surface area (Å²) in [5, 5.41) is 0. The van der Waals surface area contributed by atoms with Gasteiger partial charge in [0.2, 0.25) is 0 Å². The van der Waals surface area contributed by atoms with Gasteiger partial charge < -0.3 is 4.55 Å². The van der Waals surface area contributed by atoms with Gasteiger partial charge in [-0.3, -0.25) is 0 Å². The van der Waals surface area contributed by atoms with E-state index in [1.54, 1.807) is 11.8 Å². The highest BCUT2D eigenvalue weighted by Crippen LogP contribution is 2.46. The summed E-state index contributed by atoms with van der Waals surface area (Å²) in [6.45, 7) is 4.36. The second-order valence-corrected chi connectivity index (χ2v) is 7.02. The molecule has 1 atom stereocenters. The van der Waals surface area contributed by atoms with Gasteiger partial charge in [-0.25, -0.2) is 0 Å². The summed E-state index contributed by atoms with van der Waals surface area (Å²) in [7, 11) is 0. The molecule has 0 bridgehead atoms. The SMILES string of the molecule is CCc1ccc2c(c1CC)Sc1ccccc1[S+]2[O-]. The van der Waals surface area contributed by atoms with Gasteiger partial charge in [0.25, 0.3) is 0 Å². The Morgan fingerprint density at radius 3 is 2.53 bits per heavy atom. The van der Waals surface area contributed by atoms with E-state index in [9.17, 15) is 4.55 Å². The van der Waals surface area contributed by atoms with Crippen molar-refractivity contribution in [3.63, 3.8) is 0 Å². The van der Waals surface area contributed by atoms with Crippen molar-refractivity contribution >= 4 is 22.9 Å². The Balaban J connectivity index is 2.19. The standard InChI is InChI=1S/C16H16OS2/c1-3-11-9-10-15-16(12(11)4-2)18-13-7-5-6-8-14(13)19(15)17/h5-10H,3-4H2,1-2H3. The molecule has 1 unspecified atom stereocenters. The van der Waals surface area contributed by atoms with Gasteiger partial charge in [-0.2, -0.15) is 0 Å². The van der Waals surface area contributed by atoms with Crippen LogP contribution in [0.15, 0.2) is 56.0 Å². The lowest BCUT2D eigenvalue weighted by molar-refractivity contribution is 0.589. The third kappa shape index (κ3) is 2.10. The molecule has 2 aromatic carbocycles. The second-order valence-electron chi connectivity index (χ2n) is 4.56. The van der Waals surface area contributed by atoms with Crippen LogP contribution in [0.2, 0.25) is 0 Å². The zero-order chi connectivity index (χ0) is 13.4. The van der Waals surface area contributed by atoms with Crippen LogP contribution in [0.5, 0.6) is 0 Å². The molecular weight excluding hydrogens is 272 g/mol. The molecule has 0 saturated carbocycles. The van der Waals surface area contributed by atoms with Gasteiger partial charge in [0.05, 0.1) is 9.79 Å². The first-order valence-electron chi connectivity index (χ1n) is 6.59. The molecule has 1 heterocycles. The van der Waals surface area contributed by atoms with E-state index in [-0.39, 0.29) is 0 Å². The summed E-state index contributed by atoms with van der Waals surface area (Å²) < 4.78 is 12.7. The molecule has 0 aromatic heterocycles. The lowest BCUT2D eigenvalue weighted by atomic mass is 10.0. The Bertz CT molecular complexity index is 622. The molecule has 1 aliphatic heterocycles. The fraction of sp³-hybridized carbons (Fsp3) is 0.250. The first-order valence-corrected chi connectivity index (χ1v) is 8.56. The van der Waals surface area contributed by atoms with Gasteiger partial charge in [-0.15, -0.1) is 0 Å². The summed E-state index contributed by atoms with van der Waals surface area (Å²) in [5.74, 6) is 0. The normalized spacial score (nSPS) is 16.9. The zero-order valence-corrected chi connectivity index (χ0v) is 12.7. The average molecular weight is 288 g/mol. The lowest BCUT2D eigenvalue weighted by Crippen LogP contribution is -2.11. The molecule has 3 heteroatoms. The van der Waals surface area contributed by atoms with E-state index in [4.69, 9.17) is 0 Å². The van der Waals surface area contributed by atoms with Gasteiger partial charge >= 0.3 is 0 Å². The molecule has 1 nitrogen and oxygen atoms in total. The van der Waals surface area contributed by atoms with Crippen molar-refractivity contribution in [2.75, 3.05) is 0 Å². The van der Waals surface area contributed by atoms with Crippen LogP contribution in [0, 0.1) is 0 Å². The molecule has 0 aliphatic carbocycles. The number of fused-ring (bicyclic) bond motifs is 2. The monoisotopic (exact) mass is 288 g/mol. The summed E-state index contributed by atoms with van der Waals surface area (Å²) in [6, 6.07) is 12.2.